The number of hydrogen-bond acceptors (Lipinski definition) is 3. The highest BCUT2D eigenvalue weighted by atomic mass is 16.3. The van der Waals surface area contributed by atoms with E-state index in [9.17, 15) is 9.90 Å². The molecule has 0 amide bonds. The average molecular weight is 227 g/mol. The first-order chi connectivity index (χ1) is 8.16. The third-order valence-corrected chi connectivity index (χ3v) is 2.45. The fourth-order valence-corrected chi connectivity index (χ4v) is 1.55. The molecule has 0 aromatic heterocycles. The van der Waals surface area contributed by atoms with Crippen LogP contribution < -0.4 is 5.32 Å². The summed E-state index contributed by atoms with van der Waals surface area (Å²) in [6.07, 6.45) is 0. The summed E-state index contributed by atoms with van der Waals surface area (Å²) in [4.78, 5) is 11.2. The van der Waals surface area contributed by atoms with Crippen molar-refractivity contribution in [3.8, 4) is 5.75 Å². The lowest BCUT2D eigenvalue weighted by atomic mass is 10.1. The van der Waals surface area contributed by atoms with Gasteiger partial charge in [0.1, 0.15) is 5.75 Å². The van der Waals surface area contributed by atoms with Gasteiger partial charge in [0.25, 0.3) is 0 Å². The van der Waals surface area contributed by atoms with E-state index in [0.717, 1.165) is 5.69 Å². The Hall–Kier alpha value is -2.29. The lowest BCUT2D eigenvalue weighted by molar-refractivity contribution is 0.101. The van der Waals surface area contributed by atoms with Crippen molar-refractivity contribution >= 4 is 17.2 Å². The quantitative estimate of drug-likeness (QED) is 0.624. The normalized spacial score (nSPS) is 9.94. The topological polar surface area (TPSA) is 49.3 Å². The third-order valence-electron chi connectivity index (χ3n) is 2.45. The second-order valence-corrected chi connectivity index (χ2v) is 3.78. The lowest BCUT2D eigenvalue weighted by Gasteiger charge is -2.08. The van der Waals surface area contributed by atoms with Gasteiger partial charge in [-0.3, -0.25) is 4.79 Å². The molecule has 0 radical (unpaired) electrons. The first-order valence-corrected chi connectivity index (χ1v) is 5.33. The van der Waals surface area contributed by atoms with Crippen LogP contribution in [0.25, 0.3) is 0 Å². The molecule has 0 saturated carbocycles. The van der Waals surface area contributed by atoms with Crippen molar-refractivity contribution in [2.45, 2.75) is 6.92 Å². The summed E-state index contributed by atoms with van der Waals surface area (Å²) >= 11 is 0. The molecule has 2 aromatic rings. The summed E-state index contributed by atoms with van der Waals surface area (Å²) in [5, 5.41) is 12.7. The molecule has 0 fully saturated rings. The molecule has 0 bridgehead atoms. The van der Waals surface area contributed by atoms with Crippen molar-refractivity contribution in [2.24, 2.45) is 0 Å². The van der Waals surface area contributed by atoms with Crippen molar-refractivity contribution in [1.29, 1.82) is 0 Å². The summed E-state index contributed by atoms with van der Waals surface area (Å²) < 4.78 is 0. The molecular weight excluding hydrogens is 214 g/mol. The minimum Gasteiger partial charge on any atom is -0.506 e. The number of ketones is 1. The second kappa shape index (κ2) is 4.70. The molecule has 0 aliphatic heterocycles. The molecule has 0 saturated heterocycles. The fourth-order valence-electron chi connectivity index (χ4n) is 1.55. The predicted molar refractivity (Wildman–Crippen MR) is 67.8 cm³/mol. The van der Waals surface area contributed by atoms with Crippen LogP contribution >= 0.6 is 0 Å². The zero-order valence-electron chi connectivity index (χ0n) is 9.47. The van der Waals surface area contributed by atoms with Gasteiger partial charge >= 0.3 is 0 Å². The van der Waals surface area contributed by atoms with E-state index in [2.05, 4.69) is 5.32 Å². The monoisotopic (exact) mass is 227 g/mol. The molecule has 0 spiro atoms. The molecule has 0 heterocycles. The molecule has 0 unspecified atom stereocenters. The Morgan fingerprint density at radius 3 is 2.59 bits per heavy atom. The molecule has 2 N–H and O–H groups in total. The molecule has 3 nitrogen and oxygen atoms in total. The number of carbonyl (C=O) groups is 1. The smallest absolute Gasteiger partial charge is 0.159 e. The molecule has 0 atom stereocenters. The molecule has 0 aliphatic carbocycles. The van der Waals surface area contributed by atoms with Gasteiger partial charge < -0.3 is 10.4 Å². The maximum absolute atomic E-state index is 11.2. The Bertz CT molecular complexity index is 549. The number of para-hydroxylation sites is 2. The van der Waals surface area contributed by atoms with E-state index < -0.39 is 0 Å². The Morgan fingerprint density at radius 2 is 1.88 bits per heavy atom. The zero-order chi connectivity index (χ0) is 12.3. The van der Waals surface area contributed by atoms with E-state index >= 15 is 0 Å². The van der Waals surface area contributed by atoms with Crippen LogP contribution in [0, 0.1) is 0 Å². The van der Waals surface area contributed by atoms with Crippen LogP contribution in [0.4, 0.5) is 11.4 Å². The fraction of sp³-hybridized carbons (Fsp3) is 0.0714. The molecule has 2 rings (SSSR count). The largest absolute Gasteiger partial charge is 0.506 e. The standard InChI is InChI=1S/C14H13NO2/c1-10(16)11-5-4-6-12(9-11)15-13-7-2-3-8-14(13)17/h2-9,15,17H,1H3. The number of aromatic hydroxyl groups is 1. The minimum atomic E-state index is 0.0194. The number of phenolic OH excluding ortho intramolecular Hbond substituents is 1. The Balaban J connectivity index is 2.28. The first kappa shape index (κ1) is 11.2. The van der Waals surface area contributed by atoms with Gasteiger partial charge in [-0.05, 0) is 31.2 Å². The number of phenols is 1. The van der Waals surface area contributed by atoms with E-state index in [1.165, 1.54) is 6.92 Å². The molecule has 86 valence electrons. The van der Waals surface area contributed by atoms with Crippen LogP contribution in [0.3, 0.4) is 0 Å². The minimum absolute atomic E-state index is 0.0194. The summed E-state index contributed by atoms with van der Waals surface area (Å²) in [6, 6.07) is 14.1. The Labute approximate surface area is 99.7 Å². The van der Waals surface area contributed by atoms with Crippen molar-refractivity contribution in [3.05, 3.63) is 54.1 Å². The SMILES string of the molecule is CC(=O)c1cccc(Nc2ccccc2O)c1. The molecular formula is C14H13NO2. The Morgan fingerprint density at radius 1 is 1.12 bits per heavy atom. The molecule has 2 aromatic carbocycles. The van der Waals surface area contributed by atoms with Gasteiger partial charge in [-0.25, -0.2) is 0 Å². The summed E-state index contributed by atoms with van der Waals surface area (Å²) in [5.74, 6) is 0.201. The first-order valence-electron chi connectivity index (χ1n) is 5.33. The van der Waals surface area contributed by atoms with E-state index in [4.69, 9.17) is 0 Å². The van der Waals surface area contributed by atoms with Crippen LogP contribution in [0.2, 0.25) is 0 Å². The van der Waals surface area contributed by atoms with Crippen molar-refractivity contribution in [1.82, 2.24) is 0 Å². The van der Waals surface area contributed by atoms with Crippen LogP contribution in [0.1, 0.15) is 17.3 Å². The van der Waals surface area contributed by atoms with E-state index in [0.29, 0.717) is 11.3 Å². The van der Waals surface area contributed by atoms with Gasteiger partial charge in [-0.1, -0.05) is 24.3 Å². The molecule has 17 heavy (non-hydrogen) atoms. The number of rotatable bonds is 3. The summed E-state index contributed by atoms with van der Waals surface area (Å²) in [6.45, 7) is 1.53. The number of Topliss-reactive ketones (excluding diaryl/α,β-unsaturated/α-hetero) is 1. The van der Waals surface area contributed by atoms with Crippen molar-refractivity contribution in [2.75, 3.05) is 5.32 Å². The highest BCUT2D eigenvalue weighted by Gasteiger charge is 2.02. The highest BCUT2D eigenvalue weighted by molar-refractivity contribution is 5.95. The van der Waals surface area contributed by atoms with Gasteiger partial charge in [0.2, 0.25) is 0 Å². The number of benzene rings is 2. The van der Waals surface area contributed by atoms with E-state index in [1.54, 1.807) is 36.4 Å². The average Bonchev–Trinajstić information content (AvgIpc) is 2.32. The highest BCUT2D eigenvalue weighted by Crippen LogP contribution is 2.26. The number of carbonyl (C=O) groups excluding carboxylic acids is 1. The predicted octanol–water partition coefficient (Wildman–Crippen LogP) is 3.34. The van der Waals surface area contributed by atoms with Gasteiger partial charge in [-0.15, -0.1) is 0 Å². The number of nitrogens with one attached hydrogen (secondary N) is 1. The zero-order valence-corrected chi connectivity index (χ0v) is 9.47. The van der Waals surface area contributed by atoms with Crippen molar-refractivity contribution < 1.29 is 9.90 Å². The third kappa shape index (κ3) is 2.64. The van der Waals surface area contributed by atoms with Crippen LogP contribution in [0.15, 0.2) is 48.5 Å². The van der Waals surface area contributed by atoms with Crippen molar-refractivity contribution in [3.63, 3.8) is 0 Å². The van der Waals surface area contributed by atoms with Crippen LogP contribution in [0.5, 0.6) is 5.75 Å². The molecule has 0 aliphatic rings. The maximum atomic E-state index is 11.2. The lowest BCUT2D eigenvalue weighted by Crippen LogP contribution is -1.95. The number of hydrogen-bond donors (Lipinski definition) is 2. The number of anilines is 2. The van der Waals surface area contributed by atoms with Crippen LogP contribution in [-0.2, 0) is 0 Å². The van der Waals surface area contributed by atoms with Gasteiger partial charge in [-0.2, -0.15) is 0 Å². The van der Waals surface area contributed by atoms with Gasteiger partial charge in [0.15, 0.2) is 5.78 Å². The second-order valence-electron chi connectivity index (χ2n) is 3.78. The van der Waals surface area contributed by atoms with E-state index in [-0.39, 0.29) is 11.5 Å². The summed E-state index contributed by atoms with van der Waals surface area (Å²) in [7, 11) is 0. The Kier molecular flexibility index (Phi) is 3.10. The summed E-state index contributed by atoms with van der Waals surface area (Å²) in [5.41, 5.74) is 2.04. The van der Waals surface area contributed by atoms with Gasteiger partial charge in [0.05, 0.1) is 5.69 Å². The molecule has 3 heteroatoms. The maximum Gasteiger partial charge on any atom is 0.159 e. The van der Waals surface area contributed by atoms with E-state index in [1.807, 2.05) is 12.1 Å². The van der Waals surface area contributed by atoms with Gasteiger partial charge in [0, 0.05) is 11.3 Å². The van der Waals surface area contributed by atoms with Crippen LogP contribution in [-0.4, -0.2) is 10.9 Å².